The van der Waals surface area contributed by atoms with Gasteiger partial charge in [-0.05, 0) is 23.3 Å². The molecule has 0 radical (unpaired) electrons. The predicted octanol–water partition coefficient (Wildman–Crippen LogP) is 4.00. The first-order valence-electron chi connectivity index (χ1n) is 8.07. The number of amides is 1. The van der Waals surface area contributed by atoms with Gasteiger partial charge >= 0.3 is 11.3 Å². The second kappa shape index (κ2) is 6.37. The molecule has 0 unspecified atom stereocenters. The van der Waals surface area contributed by atoms with Crippen LogP contribution in [0, 0.1) is 0 Å². The van der Waals surface area contributed by atoms with Gasteiger partial charge in [0.15, 0.2) is 0 Å². The third kappa shape index (κ3) is 2.72. The van der Waals surface area contributed by atoms with Gasteiger partial charge in [-0.1, -0.05) is 42.5 Å². The Kier molecular flexibility index (Phi) is 4.05. The van der Waals surface area contributed by atoms with Crippen LogP contribution in [0.2, 0.25) is 0 Å². The normalized spacial score (nSPS) is 23.1. The summed E-state index contributed by atoms with van der Waals surface area (Å²) < 4.78 is 16.4. The minimum atomic E-state index is -0.354. The smallest absolute Gasteiger partial charge is 0.410 e. The summed E-state index contributed by atoms with van der Waals surface area (Å²) in [6.07, 6.45) is 0.0529. The number of fused-ring (bicyclic) bond motifs is 5. The molecule has 2 aliphatic rings. The van der Waals surface area contributed by atoms with Gasteiger partial charge in [0.05, 0.1) is 19.2 Å². The van der Waals surface area contributed by atoms with Crippen LogP contribution in [0.5, 0.6) is 5.75 Å². The lowest BCUT2D eigenvalue weighted by atomic mass is 9.90. The van der Waals surface area contributed by atoms with Gasteiger partial charge in [-0.3, -0.25) is 4.90 Å². The molecule has 2 bridgehead atoms. The molecule has 0 spiro atoms. The quantitative estimate of drug-likeness (QED) is 0.762. The van der Waals surface area contributed by atoms with Crippen LogP contribution in [0.3, 0.4) is 0 Å². The molecule has 3 atom stereocenters. The van der Waals surface area contributed by atoms with Gasteiger partial charge < -0.3 is 14.2 Å². The van der Waals surface area contributed by atoms with E-state index in [2.05, 4.69) is 0 Å². The largest absolute Gasteiger partial charge is 0.453 e. The Hall–Kier alpha value is -2.60. The summed E-state index contributed by atoms with van der Waals surface area (Å²) in [4.78, 5) is 14.0. The molecule has 4 rings (SSSR count). The Morgan fingerprint density at radius 3 is 2.48 bits per heavy atom. The molecule has 128 valence electrons. The fourth-order valence-electron chi connectivity index (χ4n) is 3.74. The number of methoxy groups -OCH3 is 1. The van der Waals surface area contributed by atoms with Crippen molar-refractivity contribution >= 4 is 23.5 Å². The summed E-state index contributed by atoms with van der Waals surface area (Å²) in [6.45, 7) is 0. The van der Waals surface area contributed by atoms with E-state index in [0.717, 1.165) is 11.1 Å². The lowest BCUT2D eigenvalue weighted by Gasteiger charge is -2.25. The second-order valence-electron chi connectivity index (χ2n) is 6.02. The van der Waals surface area contributed by atoms with E-state index in [0.29, 0.717) is 12.2 Å². The van der Waals surface area contributed by atoms with E-state index in [-0.39, 0.29) is 29.5 Å². The van der Waals surface area contributed by atoms with Crippen molar-refractivity contribution in [3.05, 3.63) is 65.7 Å². The average molecular weight is 355 g/mol. The van der Waals surface area contributed by atoms with Crippen molar-refractivity contribution in [3.63, 3.8) is 0 Å². The molecular formula is C19H17NO4S. The Morgan fingerprint density at radius 1 is 1.08 bits per heavy atom. The van der Waals surface area contributed by atoms with Crippen LogP contribution in [-0.4, -0.2) is 29.4 Å². The molecule has 1 saturated heterocycles. The molecule has 1 amide bonds. The fraction of sp³-hybridized carbons (Fsp3) is 0.263. The van der Waals surface area contributed by atoms with Gasteiger partial charge in [0.25, 0.3) is 0 Å². The fourth-order valence-corrected chi connectivity index (χ4v) is 3.96. The highest BCUT2D eigenvalue weighted by Crippen LogP contribution is 2.54. The van der Waals surface area contributed by atoms with Crippen molar-refractivity contribution in [1.82, 2.24) is 4.90 Å². The van der Waals surface area contributed by atoms with Crippen LogP contribution in [0.4, 0.5) is 4.79 Å². The molecule has 0 aliphatic carbocycles. The molecule has 0 aromatic heterocycles. The van der Waals surface area contributed by atoms with Crippen LogP contribution in [0.15, 0.2) is 54.6 Å². The predicted molar refractivity (Wildman–Crippen MR) is 95.3 cm³/mol. The standard InChI is InChI=1S/C19H17NO4S/c1-22-18(21)20-15-11-16(17(20)14-10-6-5-9-13(14)15)24-19(25)23-12-7-3-2-4-8-12/h2-10,15-17H,11H2,1H3/t15-,16+,17-/m1/s1. The van der Waals surface area contributed by atoms with E-state index in [4.69, 9.17) is 26.4 Å². The monoisotopic (exact) mass is 355 g/mol. The van der Waals surface area contributed by atoms with Crippen molar-refractivity contribution < 1.29 is 19.0 Å². The molecule has 2 aromatic rings. The maximum Gasteiger partial charge on any atom is 0.410 e. The highest BCUT2D eigenvalue weighted by atomic mass is 32.1. The van der Waals surface area contributed by atoms with E-state index in [1.54, 1.807) is 4.90 Å². The van der Waals surface area contributed by atoms with E-state index in [1.165, 1.54) is 7.11 Å². The first-order chi connectivity index (χ1) is 12.2. The number of rotatable bonds is 2. The SMILES string of the molecule is COC(=O)N1[C@@H]2C[C@H](OC(=S)Oc3ccccc3)[C@H]1c1ccccc12. The van der Waals surface area contributed by atoms with E-state index in [1.807, 2.05) is 54.6 Å². The average Bonchev–Trinajstić information content (AvgIpc) is 3.15. The second-order valence-corrected chi connectivity index (χ2v) is 6.36. The minimum Gasteiger partial charge on any atom is -0.453 e. The number of nitrogens with zero attached hydrogens (tertiary/aromatic N) is 1. The van der Waals surface area contributed by atoms with Crippen molar-refractivity contribution in [3.8, 4) is 5.75 Å². The van der Waals surface area contributed by atoms with Crippen LogP contribution in [0.1, 0.15) is 29.6 Å². The number of hydrogen-bond donors (Lipinski definition) is 0. The molecule has 0 saturated carbocycles. The molecule has 25 heavy (non-hydrogen) atoms. The topological polar surface area (TPSA) is 48.0 Å². The lowest BCUT2D eigenvalue weighted by Crippen LogP contribution is -2.32. The van der Waals surface area contributed by atoms with Crippen molar-refractivity contribution in [1.29, 1.82) is 0 Å². The molecular weight excluding hydrogens is 338 g/mol. The summed E-state index contributed by atoms with van der Waals surface area (Å²) in [5.41, 5.74) is 2.23. The van der Waals surface area contributed by atoms with Crippen LogP contribution in [0.25, 0.3) is 0 Å². The number of benzene rings is 2. The van der Waals surface area contributed by atoms with Gasteiger partial charge in [-0.15, -0.1) is 0 Å². The molecule has 2 aliphatic heterocycles. The third-order valence-electron chi connectivity index (χ3n) is 4.69. The van der Waals surface area contributed by atoms with Crippen LogP contribution in [-0.2, 0) is 9.47 Å². The third-order valence-corrected chi connectivity index (χ3v) is 4.87. The molecule has 1 fully saturated rings. The van der Waals surface area contributed by atoms with Crippen molar-refractivity contribution in [2.45, 2.75) is 24.6 Å². The molecule has 6 heteroatoms. The summed E-state index contributed by atoms with van der Waals surface area (Å²) in [5, 5.41) is 0.0612. The van der Waals surface area contributed by atoms with E-state index >= 15 is 0 Å². The highest BCUT2D eigenvalue weighted by Gasteiger charge is 2.54. The first kappa shape index (κ1) is 15.9. The zero-order chi connectivity index (χ0) is 17.4. The maximum absolute atomic E-state index is 12.2. The zero-order valence-corrected chi connectivity index (χ0v) is 14.4. The van der Waals surface area contributed by atoms with E-state index in [9.17, 15) is 4.79 Å². The van der Waals surface area contributed by atoms with Gasteiger partial charge in [0.1, 0.15) is 11.9 Å². The minimum absolute atomic E-state index is 0.0572. The Bertz CT molecular complexity index is 810. The maximum atomic E-state index is 12.2. The molecule has 2 aromatic carbocycles. The van der Waals surface area contributed by atoms with Crippen molar-refractivity contribution in [2.75, 3.05) is 7.11 Å². The Morgan fingerprint density at radius 2 is 1.76 bits per heavy atom. The molecule has 2 heterocycles. The summed E-state index contributed by atoms with van der Waals surface area (Å²) >= 11 is 5.24. The molecule has 5 nitrogen and oxygen atoms in total. The van der Waals surface area contributed by atoms with Gasteiger partial charge in [0.2, 0.25) is 0 Å². The number of hydrogen-bond acceptors (Lipinski definition) is 5. The first-order valence-corrected chi connectivity index (χ1v) is 8.48. The van der Waals surface area contributed by atoms with Gasteiger partial charge in [-0.25, -0.2) is 4.79 Å². The Labute approximate surface area is 151 Å². The summed E-state index contributed by atoms with van der Waals surface area (Å²) in [5.74, 6) is 0.626. The number of ether oxygens (including phenoxy) is 3. The van der Waals surface area contributed by atoms with Gasteiger partial charge in [0, 0.05) is 18.6 Å². The highest BCUT2D eigenvalue weighted by molar-refractivity contribution is 7.79. The number of carbonyl (C=O) groups is 1. The van der Waals surface area contributed by atoms with E-state index < -0.39 is 0 Å². The van der Waals surface area contributed by atoms with Crippen LogP contribution >= 0.6 is 12.2 Å². The molecule has 0 N–H and O–H groups in total. The van der Waals surface area contributed by atoms with Gasteiger partial charge in [-0.2, -0.15) is 0 Å². The zero-order valence-electron chi connectivity index (χ0n) is 13.6. The summed E-state index contributed by atoms with van der Waals surface area (Å²) in [6, 6.07) is 17.0. The van der Waals surface area contributed by atoms with Crippen LogP contribution < -0.4 is 4.74 Å². The Balaban J connectivity index is 1.54. The number of carbonyl (C=O) groups excluding carboxylic acids is 1. The van der Waals surface area contributed by atoms with Crippen molar-refractivity contribution in [2.24, 2.45) is 0 Å². The number of thiocarbonyl (C=S) groups is 1. The summed E-state index contributed by atoms with van der Waals surface area (Å²) in [7, 11) is 1.39. The lowest BCUT2D eigenvalue weighted by molar-refractivity contribution is 0.0854. The number of para-hydroxylation sites is 1.